The molecule has 0 bridgehead atoms. The van der Waals surface area contributed by atoms with Crippen molar-refractivity contribution >= 4 is 16.8 Å². The summed E-state index contributed by atoms with van der Waals surface area (Å²) in [5.41, 5.74) is 0.519. The first kappa shape index (κ1) is 15.7. The number of aromatic amines is 1. The van der Waals surface area contributed by atoms with Crippen LogP contribution < -0.4 is 5.56 Å². The highest BCUT2D eigenvalue weighted by Crippen LogP contribution is 2.27. The summed E-state index contributed by atoms with van der Waals surface area (Å²) in [5.74, 6) is 0.867. The second-order valence-electron chi connectivity index (χ2n) is 6.57. The third-order valence-corrected chi connectivity index (χ3v) is 4.59. The van der Waals surface area contributed by atoms with E-state index in [1.54, 1.807) is 6.07 Å². The van der Waals surface area contributed by atoms with Gasteiger partial charge in [-0.1, -0.05) is 25.0 Å². The van der Waals surface area contributed by atoms with Gasteiger partial charge in [-0.2, -0.15) is 0 Å². The third-order valence-electron chi connectivity index (χ3n) is 4.59. The van der Waals surface area contributed by atoms with Crippen LogP contribution in [0.25, 0.3) is 10.9 Å². The largest absolute Gasteiger partial charge is 0.333 e. The lowest BCUT2D eigenvalue weighted by atomic mass is 10.1. The number of carbonyl (C=O) groups is 1. The van der Waals surface area contributed by atoms with Crippen molar-refractivity contribution < 1.29 is 4.79 Å². The average molecular weight is 313 g/mol. The molecule has 0 saturated heterocycles. The van der Waals surface area contributed by atoms with Crippen LogP contribution in [0.2, 0.25) is 0 Å². The smallest absolute Gasteiger partial charge is 0.258 e. The molecule has 0 aliphatic heterocycles. The Labute approximate surface area is 135 Å². The second kappa shape index (κ2) is 6.52. The van der Waals surface area contributed by atoms with E-state index in [0.29, 0.717) is 23.3 Å². The lowest BCUT2D eigenvalue weighted by molar-refractivity contribution is -0.137. The van der Waals surface area contributed by atoms with Gasteiger partial charge < -0.3 is 9.88 Å². The zero-order valence-electron chi connectivity index (χ0n) is 13.7. The Morgan fingerprint density at radius 2 is 2.00 bits per heavy atom. The molecule has 1 aromatic heterocycles. The lowest BCUT2D eigenvalue weighted by Gasteiger charge is -2.29. The minimum atomic E-state index is -0.150. The number of nitrogens with zero attached hydrogens (tertiary/aromatic N) is 2. The summed E-state index contributed by atoms with van der Waals surface area (Å²) in [7, 11) is 0. The van der Waals surface area contributed by atoms with Crippen LogP contribution in [-0.2, 0) is 11.3 Å². The molecule has 3 rings (SSSR count). The number of hydrogen-bond acceptors (Lipinski definition) is 3. The molecular weight excluding hydrogens is 290 g/mol. The molecule has 0 radical (unpaired) electrons. The highest BCUT2D eigenvalue weighted by molar-refractivity contribution is 5.79. The van der Waals surface area contributed by atoms with Gasteiger partial charge >= 0.3 is 0 Å². The van der Waals surface area contributed by atoms with Crippen LogP contribution in [-0.4, -0.2) is 26.8 Å². The zero-order valence-corrected chi connectivity index (χ0v) is 13.7. The Kier molecular flexibility index (Phi) is 4.46. The number of hydrogen-bond donors (Lipinski definition) is 1. The molecule has 0 spiro atoms. The van der Waals surface area contributed by atoms with Crippen molar-refractivity contribution in [2.24, 2.45) is 5.92 Å². The van der Waals surface area contributed by atoms with Gasteiger partial charge in [0.2, 0.25) is 5.91 Å². The van der Waals surface area contributed by atoms with Crippen molar-refractivity contribution in [1.82, 2.24) is 14.9 Å². The maximum Gasteiger partial charge on any atom is 0.258 e. The van der Waals surface area contributed by atoms with Gasteiger partial charge in [-0.25, -0.2) is 4.98 Å². The fourth-order valence-electron chi connectivity index (χ4n) is 3.29. The predicted octanol–water partition coefficient (Wildman–Crippen LogP) is 2.85. The number of nitrogens with one attached hydrogen (secondary N) is 1. The molecule has 0 unspecified atom stereocenters. The van der Waals surface area contributed by atoms with Gasteiger partial charge in [0.25, 0.3) is 5.56 Å². The molecule has 2 aromatic rings. The van der Waals surface area contributed by atoms with Gasteiger partial charge in [0.1, 0.15) is 5.82 Å². The number of fused-ring (bicyclic) bond motifs is 1. The maximum atomic E-state index is 12.7. The molecule has 1 aliphatic rings. The lowest BCUT2D eigenvalue weighted by Crippen LogP contribution is -2.40. The first-order valence-electron chi connectivity index (χ1n) is 8.34. The summed E-state index contributed by atoms with van der Waals surface area (Å²) in [6.07, 6.45) is 4.22. The molecule has 23 heavy (non-hydrogen) atoms. The van der Waals surface area contributed by atoms with Crippen LogP contribution in [0.15, 0.2) is 29.1 Å². The fraction of sp³-hybridized carbons (Fsp3) is 0.500. The zero-order chi connectivity index (χ0) is 16.4. The van der Waals surface area contributed by atoms with Gasteiger partial charge in [-0.05, 0) is 38.8 Å². The van der Waals surface area contributed by atoms with Gasteiger partial charge in [0.05, 0.1) is 17.4 Å². The molecule has 1 fully saturated rings. The van der Waals surface area contributed by atoms with E-state index in [1.165, 1.54) is 0 Å². The minimum absolute atomic E-state index is 0.0832. The predicted molar refractivity (Wildman–Crippen MR) is 90.0 cm³/mol. The molecule has 1 aliphatic carbocycles. The summed E-state index contributed by atoms with van der Waals surface area (Å²) in [6.45, 7) is 4.37. The SMILES string of the molecule is CC(C)N(Cc1nc2ccccc2c(=O)[nH]1)C(=O)C1CCCC1. The quantitative estimate of drug-likeness (QED) is 0.944. The molecule has 1 amide bonds. The molecule has 1 aromatic carbocycles. The van der Waals surface area contributed by atoms with Gasteiger partial charge in [-0.15, -0.1) is 0 Å². The standard InChI is InChI=1S/C18H23N3O2/c1-12(2)21(18(23)13-7-3-4-8-13)11-16-19-15-10-6-5-9-14(15)17(22)20-16/h5-6,9-10,12-13H,3-4,7-8,11H2,1-2H3,(H,19,20,22). The maximum absolute atomic E-state index is 12.7. The number of rotatable bonds is 4. The number of carbonyl (C=O) groups excluding carboxylic acids is 1. The summed E-state index contributed by atoms with van der Waals surface area (Å²) in [4.78, 5) is 34.1. The molecule has 122 valence electrons. The van der Waals surface area contributed by atoms with Crippen LogP contribution in [0.3, 0.4) is 0 Å². The van der Waals surface area contributed by atoms with Gasteiger partial charge in [-0.3, -0.25) is 9.59 Å². The van der Waals surface area contributed by atoms with E-state index in [-0.39, 0.29) is 23.4 Å². The van der Waals surface area contributed by atoms with Crippen molar-refractivity contribution in [2.45, 2.75) is 52.1 Å². The molecule has 1 saturated carbocycles. The summed E-state index contributed by atoms with van der Waals surface area (Å²) >= 11 is 0. The van der Waals surface area contributed by atoms with Crippen LogP contribution in [0, 0.1) is 5.92 Å². The van der Waals surface area contributed by atoms with Crippen molar-refractivity contribution in [3.05, 3.63) is 40.4 Å². The molecular formula is C18H23N3O2. The van der Waals surface area contributed by atoms with E-state index in [1.807, 2.05) is 36.9 Å². The fourth-order valence-corrected chi connectivity index (χ4v) is 3.29. The number of H-pyrrole nitrogens is 1. The van der Waals surface area contributed by atoms with Crippen molar-refractivity contribution in [3.63, 3.8) is 0 Å². The Balaban J connectivity index is 1.88. The molecule has 5 heteroatoms. The van der Waals surface area contributed by atoms with Gasteiger partial charge in [0.15, 0.2) is 0 Å². The summed E-state index contributed by atoms with van der Waals surface area (Å²) < 4.78 is 0. The second-order valence-corrected chi connectivity index (χ2v) is 6.57. The third kappa shape index (κ3) is 3.28. The number of para-hydroxylation sites is 1. The number of benzene rings is 1. The highest BCUT2D eigenvalue weighted by Gasteiger charge is 2.29. The Morgan fingerprint density at radius 3 is 2.70 bits per heavy atom. The summed E-state index contributed by atoms with van der Waals surface area (Å²) in [6, 6.07) is 7.35. The van der Waals surface area contributed by atoms with Crippen LogP contribution in [0.5, 0.6) is 0 Å². The summed E-state index contributed by atoms with van der Waals surface area (Å²) in [5, 5.41) is 0.578. The number of aromatic nitrogens is 2. The van der Waals surface area contributed by atoms with E-state index in [2.05, 4.69) is 9.97 Å². The average Bonchev–Trinajstić information content (AvgIpc) is 3.06. The Bertz CT molecular complexity index is 760. The Morgan fingerprint density at radius 1 is 1.30 bits per heavy atom. The molecule has 1 N–H and O–H groups in total. The van der Waals surface area contributed by atoms with E-state index >= 15 is 0 Å². The minimum Gasteiger partial charge on any atom is -0.333 e. The highest BCUT2D eigenvalue weighted by atomic mass is 16.2. The molecule has 0 atom stereocenters. The van der Waals surface area contributed by atoms with E-state index in [4.69, 9.17) is 0 Å². The number of amides is 1. The Hall–Kier alpha value is -2.17. The van der Waals surface area contributed by atoms with Crippen LogP contribution in [0.1, 0.15) is 45.4 Å². The molecule has 1 heterocycles. The molecule has 5 nitrogen and oxygen atoms in total. The van der Waals surface area contributed by atoms with Gasteiger partial charge in [0, 0.05) is 12.0 Å². The van der Waals surface area contributed by atoms with Crippen LogP contribution >= 0.6 is 0 Å². The van der Waals surface area contributed by atoms with E-state index in [0.717, 1.165) is 25.7 Å². The normalized spacial score (nSPS) is 15.4. The van der Waals surface area contributed by atoms with E-state index in [9.17, 15) is 9.59 Å². The van der Waals surface area contributed by atoms with Crippen LogP contribution in [0.4, 0.5) is 0 Å². The van der Waals surface area contributed by atoms with Crippen molar-refractivity contribution in [3.8, 4) is 0 Å². The topological polar surface area (TPSA) is 66.1 Å². The van der Waals surface area contributed by atoms with Crippen molar-refractivity contribution in [2.75, 3.05) is 0 Å². The van der Waals surface area contributed by atoms with E-state index < -0.39 is 0 Å². The van der Waals surface area contributed by atoms with Crippen molar-refractivity contribution in [1.29, 1.82) is 0 Å². The first-order chi connectivity index (χ1) is 11.1. The first-order valence-corrected chi connectivity index (χ1v) is 8.34. The monoisotopic (exact) mass is 313 g/mol.